The topological polar surface area (TPSA) is 26.2 Å². The summed E-state index contributed by atoms with van der Waals surface area (Å²) in [4.78, 5) is 0. The zero-order chi connectivity index (χ0) is 15.9. The van der Waals surface area contributed by atoms with Gasteiger partial charge in [-0.15, -0.1) is 0 Å². The molecule has 0 radical (unpaired) electrons. The molecule has 0 saturated heterocycles. The average molecular weight is 302 g/mol. The third-order valence-corrected chi connectivity index (χ3v) is 4.07. The number of hydrogen-bond acceptors (Lipinski definition) is 2. The maximum Gasteiger partial charge on any atom is 0.120 e. The lowest BCUT2D eigenvalue weighted by molar-refractivity contribution is 0.318. The average Bonchev–Trinajstić information content (AvgIpc) is 2.78. The molecule has 0 aliphatic carbocycles. The molecule has 0 unspecified atom stereocenters. The van der Waals surface area contributed by atoms with Crippen molar-refractivity contribution in [2.75, 3.05) is 13.2 Å². The number of nitrogens with one attached hydrogen (secondary N) is 1. The molecule has 3 nitrogen and oxygen atoms in total. The fourth-order valence-corrected chi connectivity index (χ4v) is 2.97. The second-order valence-corrected chi connectivity index (χ2v) is 5.92. The third-order valence-electron chi connectivity index (χ3n) is 4.07. The van der Waals surface area contributed by atoms with E-state index >= 15 is 0 Å². The summed E-state index contributed by atoms with van der Waals surface area (Å²) in [6.45, 7) is 12.7. The van der Waals surface area contributed by atoms with Crippen LogP contribution in [0, 0.1) is 6.92 Å². The molecule has 0 spiro atoms. The first-order valence-corrected chi connectivity index (χ1v) is 8.68. The molecule has 22 heavy (non-hydrogen) atoms. The minimum atomic E-state index is 0.781. The Bertz CT molecular complexity index is 601. The van der Waals surface area contributed by atoms with Crippen LogP contribution in [0.15, 0.2) is 18.2 Å². The van der Waals surface area contributed by atoms with Gasteiger partial charge in [-0.25, -0.2) is 0 Å². The van der Waals surface area contributed by atoms with Crippen LogP contribution in [0.25, 0.3) is 10.9 Å². The fraction of sp³-hybridized carbons (Fsp3) is 0.579. The third kappa shape index (κ3) is 3.64. The smallest absolute Gasteiger partial charge is 0.120 e. The molecule has 1 aromatic heterocycles. The maximum absolute atomic E-state index is 5.82. The van der Waals surface area contributed by atoms with Crippen molar-refractivity contribution >= 4 is 10.9 Å². The van der Waals surface area contributed by atoms with Crippen LogP contribution in [0.1, 0.15) is 51.3 Å². The summed E-state index contributed by atoms with van der Waals surface area (Å²) in [5, 5.41) is 4.88. The van der Waals surface area contributed by atoms with Crippen molar-refractivity contribution in [2.24, 2.45) is 0 Å². The number of aromatic nitrogens is 1. The highest BCUT2D eigenvalue weighted by Crippen LogP contribution is 2.30. The highest BCUT2D eigenvalue weighted by atomic mass is 16.5. The van der Waals surface area contributed by atoms with E-state index in [1.54, 1.807) is 0 Å². The summed E-state index contributed by atoms with van der Waals surface area (Å²) < 4.78 is 8.27. The first-order chi connectivity index (χ1) is 10.7. The predicted molar refractivity (Wildman–Crippen MR) is 94.7 cm³/mol. The van der Waals surface area contributed by atoms with Crippen LogP contribution in [0.4, 0.5) is 0 Å². The summed E-state index contributed by atoms with van der Waals surface area (Å²) in [5.41, 5.74) is 4.13. The molecule has 0 aliphatic rings. The Balaban J connectivity index is 2.41. The zero-order valence-corrected chi connectivity index (χ0v) is 14.5. The number of benzene rings is 1. The first kappa shape index (κ1) is 16.9. The van der Waals surface area contributed by atoms with E-state index in [0.717, 1.165) is 51.3 Å². The van der Waals surface area contributed by atoms with Gasteiger partial charge in [-0.05, 0) is 56.5 Å². The molecule has 0 bridgehead atoms. The van der Waals surface area contributed by atoms with Gasteiger partial charge in [0.05, 0.1) is 6.61 Å². The predicted octanol–water partition coefficient (Wildman–Crippen LogP) is 4.65. The van der Waals surface area contributed by atoms with Crippen molar-refractivity contribution in [1.29, 1.82) is 0 Å². The van der Waals surface area contributed by atoms with Gasteiger partial charge in [-0.1, -0.05) is 20.8 Å². The molecule has 2 aromatic rings. The van der Waals surface area contributed by atoms with E-state index in [4.69, 9.17) is 4.74 Å². The van der Waals surface area contributed by atoms with Crippen LogP contribution in [0.3, 0.4) is 0 Å². The van der Waals surface area contributed by atoms with E-state index in [9.17, 15) is 0 Å². The molecule has 0 fully saturated rings. The van der Waals surface area contributed by atoms with Crippen LogP contribution < -0.4 is 10.1 Å². The lowest BCUT2D eigenvalue weighted by Crippen LogP contribution is -2.14. The zero-order valence-electron chi connectivity index (χ0n) is 14.5. The van der Waals surface area contributed by atoms with Gasteiger partial charge in [0.2, 0.25) is 0 Å². The molecule has 1 heterocycles. The molecular weight excluding hydrogens is 272 g/mol. The minimum Gasteiger partial charge on any atom is -0.494 e. The molecule has 1 N–H and O–H groups in total. The van der Waals surface area contributed by atoms with Gasteiger partial charge in [0.1, 0.15) is 5.75 Å². The number of hydrogen-bond donors (Lipinski definition) is 1. The number of fused-ring (bicyclic) bond motifs is 1. The molecule has 3 heteroatoms. The van der Waals surface area contributed by atoms with E-state index in [0.29, 0.717) is 0 Å². The van der Waals surface area contributed by atoms with Crippen molar-refractivity contribution in [3.63, 3.8) is 0 Å². The van der Waals surface area contributed by atoms with Crippen molar-refractivity contribution < 1.29 is 4.74 Å². The van der Waals surface area contributed by atoms with Gasteiger partial charge in [0.15, 0.2) is 0 Å². The van der Waals surface area contributed by atoms with E-state index in [2.05, 4.69) is 55.8 Å². The number of nitrogens with zero attached hydrogens (tertiary/aromatic N) is 1. The largest absolute Gasteiger partial charge is 0.494 e. The molecule has 0 saturated carbocycles. The first-order valence-electron chi connectivity index (χ1n) is 8.68. The monoisotopic (exact) mass is 302 g/mol. The lowest BCUT2D eigenvalue weighted by Gasteiger charge is -2.07. The Kier molecular flexibility index (Phi) is 6.32. The normalized spacial score (nSPS) is 11.3. The van der Waals surface area contributed by atoms with Crippen molar-refractivity contribution in [3.05, 3.63) is 29.5 Å². The summed E-state index contributed by atoms with van der Waals surface area (Å²) in [5.74, 6) is 0.986. The Morgan fingerprint density at radius 3 is 2.59 bits per heavy atom. The lowest BCUT2D eigenvalue weighted by atomic mass is 10.1. The van der Waals surface area contributed by atoms with Crippen molar-refractivity contribution in [1.82, 2.24) is 9.88 Å². The number of aryl methyl sites for hydroxylation is 1. The summed E-state index contributed by atoms with van der Waals surface area (Å²) in [7, 11) is 0. The molecule has 0 amide bonds. The molecular formula is C19H30N2O. The van der Waals surface area contributed by atoms with Gasteiger partial charge >= 0.3 is 0 Å². The van der Waals surface area contributed by atoms with E-state index in [-0.39, 0.29) is 0 Å². The fourth-order valence-electron chi connectivity index (χ4n) is 2.97. The van der Waals surface area contributed by atoms with E-state index in [1.807, 2.05) is 0 Å². The Labute approximate surface area is 134 Å². The van der Waals surface area contributed by atoms with Gasteiger partial charge in [-0.2, -0.15) is 0 Å². The SMILES string of the molecule is CCCNCc1c(C)n(CCC)c2ccc(OCCC)cc12. The van der Waals surface area contributed by atoms with Crippen molar-refractivity contribution in [3.8, 4) is 5.75 Å². The highest BCUT2D eigenvalue weighted by molar-refractivity contribution is 5.87. The van der Waals surface area contributed by atoms with Gasteiger partial charge in [-0.3, -0.25) is 0 Å². The standard InChI is InChI=1S/C19H30N2O/c1-5-10-20-14-18-15(4)21(11-6-2)19-9-8-16(13-17(18)19)22-12-7-3/h8-9,13,20H,5-7,10-12,14H2,1-4H3. The number of rotatable bonds is 9. The van der Waals surface area contributed by atoms with Crippen molar-refractivity contribution in [2.45, 2.75) is 60.0 Å². The molecule has 0 aliphatic heterocycles. The van der Waals surface area contributed by atoms with E-state index < -0.39 is 0 Å². The maximum atomic E-state index is 5.82. The van der Waals surface area contributed by atoms with E-state index in [1.165, 1.54) is 22.2 Å². The van der Waals surface area contributed by atoms with Gasteiger partial charge in [0.25, 0.3) is 0 Å². The molecule has 1 aromatic carbocycles. The van der Waals surface area contributed by atoms with Gasteiger partial charge < -0.3 is 14.6 Å². The quantitative estimate of drug-likeness (QED) is 0.682. The Morgan fingerprint density at radius 2 is 1.91 bits per heavy atom. The van der Waals surface area contributed by atoms with Crippen LogP contribution >= 0.6 is 0 Å². The van der Waals surface area contributed by atoms with Gasteiger partial charge in [0, 0.05) is 29.7 Å². The second kappa shape index (κ2) is 8.23. The summed E-state index contributed by atoms with van der Waals surface area (Å²) in [6, 6.07) is 6.53. The van der Waals surface area contributed by atoms with Crippen LogP contribution in [-0.4, -0.2) is 17.7 Å². The molecule has 2 rings (SSSR count). The second-order valence-electron chi connectivity index (χ2n) is 5.92. The Hall–Kier alpha value is -1.48. The highest BCUT2D eigenvalue weighted by Gasteiger charge is 2.14. The molecule has 0 atom stereocenters. The van der Waals surface area contributed by atoms with Crippen LogP contribution in [-0.2, 0) is 13.1 Å². The summed E-state index contributed by atoms with van der Waals surface area (Å²) in [6.07, 6.45) is 3.36. The number of ether oxygens (including phenoxy) is 1. The Morgan fingerprint density at radius 1 is 1.09 bits per heavy atom. The molecule has 122 valence electrons. The van der Waals surface area contributed by atoms with Crippen LogP contribution in [0.2, 0.25) is 0 Å². The van der Waals surface area contributed by atoms with Crippen LogP contribution in [0.5, 0.6) is 5.75 Å². The minimum absolute atomic E-state index is 0.781. The summed E-state index contributed by atoms with van der Waals surface area (Å²) >= 11 is 0.